The van der Waals surface area contributed by atoms with Crippen LogP contribution in [-0.2, 0) is 15.3 Å². The van der Waals surface area contributed by atoms with Crippen LogP contribution in [0.2, 0.25) is 0 Å². The van der Waals surface area contributed by atoms with Gasteiger partial charge in [-0.25, -0.2) is 8.42 Å². The first-order valence-electron chi connectivity index (χ1n) is 6.50. The molecule has 0 amide bonds. The number of rotatable bonds is 3. The minimum Gasteiger partial charge on any atom is -0.269 e. The molecule has 1 aromatic rings. The number of sulfone groups is 1. The molecule has 102 valence electrons. The van der Waals surface area contributed by atoms with E-state index in [9.17, 15) is 8.42 Å². The zero-order chi connectivity index (χ0) is 13.6. The summed E-state index contributed by atoms with van der Waals surface area (Å²) >= 11 is 0. The third kappa shape index (κ3) is 2.46. The van der Waals surface area contributed by atoms with Gasteiger partial charge < -0.3 is 0 Å². The molecule has 18 heavy (non-hydrogen) atoms. The molecule has 0 saturated heterocycles. The van der Waals surface area contributed by atoms with Crippen molar-refractivity contribution in [3.63, 3.8) is 0 Å². The standard InChI is InChI=1S/C13H22N2O2S/c1-5-18(16,17)12-6-11(7-12)15-9-10(8-14-15)13(2,3)4/h8-9,11-12H,5-7H2,1-4H3. The van der Waals surface area contributed by atoms with E-state index < -0.39 is 9.84 Å². The molecular weight excluding hydrogens is 248 g/mol. The highest BCUT2D eigenvalue weighted by molar-refractivity contribution is 7.92. The minimum absolute atomic E-state index is 0.0941. The maximum Gasteiger partial charge on any atom is 0.153 e. The van der Waals surface area contributed by atoms with Gasteiger partial charge in [0, 0.05) is 11.9 Å². The fourth-order valence-corrected chi connectivity index (χ4v) is 3.71. The van der Waals surface area contributed by atoms with Crippen LogP contribution in [0.25, 0.3) is 0 Å². The first-order chi connectivity index (χ1) is 8.24. The van der Waals surface area contributed by atoms with Gasteiger partial charge in [0.15, 0.2) is 9.84 Å². The lowest BCUT2D eigenvalue weighted by Crippen LogP contribution is -2.38. The van der Waals surface area contributed by atoms with E-state index in [4.69, 9.17) is 0 Å². The summed E-state index contributed by atoms with van der Waals surface area (Å²) in [5.41, 5.74) is 1.29. The molecule has 1 aromatic heterocycles. The summed E-state index contributed by atoms with van der Waals surface area (Å²) in [7, 11) is -2.87. The van der Waals surface area contributed by atoms with Crippen LogP contribution in [0, 0.1) is 0 Å². The van der Waals surface area contributed by atoms with E-state index in [-0.39, 0.29) is 22.5 Å². The molecule has 0 N–H and O–H groups in total. The van der Waals surface area contributed by atoms with Crippen LogP contribution < -0.4 is 0 Å². The van der Waals surface area contributed by atoms with Crippen molar-refractivity contribution in [1.82, 2.24) is 9.78 Å². The number of nitrogens with zero attached hydrogens (tertiary/aromatic N) is 2. The van der Waals surface area contributed by atoms with Gasteiger partial charge in [-0.1, -0.05) is 27.7 Å². The van der Waals surface area contributed by atoms with Crippen LogP contribution in [0.1, 0.15) is 52.1 Å². The van der Waals surface area contributed by atoms with Crippen molar-refractivity contribution >= 4 is 9.84 Å². The Bertz CT molecular complexity index is 519. The third-order valence-electron chi connectivity index (χ3n) is 3.82. The van der Waals surface area contributed by atoms with Gasteiger partial charge in [0.2, 0.25) is 0 Å². The predicted molar refractivity (Wildman–Crippen MR) is 72.4 cm³/mol. The van der Waals surface area contributed by atoms with Gasteiger partial charge in [0.1, 0.15) is 0 Å². The molecule has 1 aliphatic rings. The predicted octanol–water partition coefficient (Wildman–Crippen LogP) is 2.32. The van der Waals surface area contributed by atoms with Crippen LogP contribution in [0.4, 0.5) is 0 Å². The molecule has 0 atom stereocenters. The van der Waals surface area contributed by atoms with E-state index in [0.717, 1.165) is 0 Å². The van der Waals surface area contributed by atoms with Crippen molar-refractivity contribution in [1.29, 1.82) is 0 Å². The topological polar surface area (TPSA) is 52.0 Å². The average molecular weight is 270 g/mol. The maximum atomic E-state index is 11.7. The molecule has 0 spiro atoms. The lowest BCUT2D eigenvalue weighted by Gasteiger charge is -2.34. The fraction of sp³-hybridized carbons (Fsp3) is 0.769. The van der Waals surface area contributed by atoms with E-state index in [0.29, 0.717) is 12.8 Å². The van der Waals surface area contributed by atoms with E-state index in [1.807, 2.05) is 10.9 Å². The highest BCUT2D eigenvalue weighted by Gasteiger charge is 2.39. The first kappa shape index (κ1) is 13.6. The Hall–Kier alpha value is -0.840. The Morgan fingerprint density at radius 3 is 2.44 bits per heavy atom. The second-order valence-corrected chi connectivity index (χ2v) is 8.73. The van der Waals surface area contributed by atoms with Gasteiger partial charge in [-0.15, -0.1) is 0 Å². The average Bonchev–Trinajstić information content (AvgIpc) is 2.63. The van der Waals surface area contributed by atoms with Gasteiger partial charge in [0.25, 0.3) is 0 Å². The van der Waals surface area contributed by atoms with Gasteiger partial charge in [-0.05, 0) is 23.8 Å². The molecule has 4 nitrogen and oxygen atoms in total. The molecule has 5 heteroatoms. The molecule has 1 saturated carbocycles. The number of hydrogen-bond donors (Lipinski definition) is 0. The second kappa shape index (κ2) is 4.37. The van der Waals surface area contributed by atoms with Crippen LogP contribution in [0.5, 0.6) is 0 Å². The largest absolute Gasteiger partial charge is 0.269 e. The number of hydrogen-bond acceptors (Lipinski definition) is 3. The summed E-state index contributed by atoms with van der Waals surface area (Å²) in [5.74, 6) is 0.247. The summed E-state index contributed by atoms with van der Waals surface area (Å²) in [6.07, 6.45) is 5.37. The molecule has 1 heterocycles. The van der Waals surface area contributed by atoms with Crippen LogP contribution in [0.15, 0.2) is 12.4 Å². The first-order valence-corrected chi connectivity index (χ1v) is 8.22. The van der Waals surface area contributed by atoms with E-state index >= 15 is 0 Å². The SMILES string of the molecule is CCS(=O)(=O)C1CC(n2cc(C(C)(C)C)cn2)C1. The summed E-state index contributed by atoms with van der Waals surface area (Å²) in [4.78, 5) is 0. The summed E-state index contributed by atoms with van der Waals surface area (Å²) in [6.45, 7) is 8.17. The highest BCUT2D eigenvalue weighted by Crippen LogP contribution is 2.37. The fourth-order valence-electron chi connectivity index (χ4n) is 2.21. The van der Waals surface area contributed by atoms with Crippen molar-refractivity contribution < 1.29 is 8.42 Å². The van der Waals surface area contributed by atoms with Crippen molar-refractivity contribution in [2.24, 2.45) is 0 Å². The molecule has 0 radical (unpaired) electrons. The highest BCUT2D eigenvalue weighted by atomic mass is 32.2. The lowest BCUT2D eigenvalue weighted by molar-refractivity contribution is 0.290. The second-order valence-electron chi connectivity index (χ2n) is 6.16. The van der Waals surface area contributed by atoms with Gasteiger partial charge >= 0.3 is 0 Å². The van der Waals surface area contributed by atoms with Crippen molar-refractivity contribution in [2.45, 2.75) is 57.2 Å². The Kier molecular flexibility index (Phi) is 3.30. The maximum absolute atomic E-state index is 11.7. The third-order valence-corrected chi connectivity index (χ3v) is 6.03. The van der Waals surface area contributed by atoms with Gasteiger partial charge in [0.05, 0.1) is 17.5 Å². The van der Waals surface area contributed by atoms with E-state index in [2.05, 4.69) is 32.1 Å². The summed E-state index contributed by atoms with van der Waals surface area (Å²) in [6, 6.07) is 0.257. The Balaban J connectivity index is 2.03. The molecule has 0 unspecified atom stereocenters. The Morgan fingerprint density at radius 1 is 1.39 bits per heavy atom. The molecule has 0 aromatic carbocycles. The number of aromatic nitrogens is 2. The molecule has 0 bridgehead atoms. The Morgan fingerprint density at radius 2 is 2.00 bits per heavy atom. The summed E-state index contributed by atoms with van der Waals surface area (Å²) in [5, 5.41) is 4.21. The van der Waals surface area contributed by atoms with Gasteiger partial charge in [-0.2, -0.15) is 5.10 Å². The van der Waals surface area contributed by atoms with Crippen molar-refractivity contribution in [3.05, 3.63) is 18.0 Å². The molecule has 1 aliphatic carbocycles. The zero-order valence-electron chi connectivity index (χ0n) is 11.5. The van der Waals surface area contributed by atoms with E-state index in [1.165, 1.54) is 5.56 Å². The van der Waals surface area contributed by atoms with Crippen molar-refractivity contribution in [3.8, 4) is 0 Å². The quantitative estimate of drug-likeness (QED) is 0.847. The smallest absolute Gasteiger partial charge is 0.153 e. The van der Waals surface area contributed by atoms with Gasteiger partial charge in [-0.3, -0.25) is 4.68 Å². The van der Waals surface area contributed by atoms with Crippen molar-refractivity contribution in [2.75, 3.05) is 5.75 Å². The van der Waals surface area contributed by atoms with Crippen LogP contribution >= 0.6 is 0 Å². The Labute approximate surface area is 109 Å². The lowest BCUT2D eigenvalue weighted by atomic mass is 9.89. The minimum atomic E-state index is -2.87. The molecule has 1 fully saturated rings. The van der Waals surface area contributed by atoms with E-state index in [1.54, 1.807) is 6.92 Å². The molecule has 0 aliphatic heterocycles. The normalized spacial score (nSPS) is 24.9. The summed E-state index contributed by atoms with van der Waals surface area (Å²) < 4.78 is 25.3. The van der Waals surface area contributed by atoms with Crippen LogP contribution in [0.3, 0.4) is 0 Å². The van der Waals surface area contributed by atoms with Crippen LogP contribution in [-0.4, -0.2) is 29.2 Å². The monoisotopic (exact) mass is 270 g/mol. The molecular formula is C13H22N2O2S. The zero-order valence-corrected chi connectivity index (χ0v) is 12.4. The molecule has 2 rings (SSSR count).